The van der Waals surface area contributed by atoms with E-state index < -0.39 is 11.2 Å². The molecule has 1 saturated carbocycles. The van der Waals surface area contributed by atoms with Gasteiger partial charge < -0.3 is 28.7 Å². The van der Waals surface area contributed by atoms with Gasteiger partial charge in [0.2, 0.25) is 5.88 Å². The van der Waals surface area contributed by atoms with E-state index in [9.17, 15) is 9.59 Å². The number of carbonyl (C=O) groups is 2. The van der Waals surface area contributed by atoms with E-state index in [1.54, 1.807) is 18.1 Å². The fourth-order valence-electron chi connectivity index (χ4n) is 5.53. The van der Waals surface area contributed by atoms with Gasteiger partial charge in [-0.3, -0.25) is 4.79 Å². The summed E-state index contributed by atoms with van der Waals surface area (Å²) in [5, 5.41) is 0. The van der Waals surface area contributed by atoms with Crippen LogP contribution in [0.2, 0.25) is 0 Å². The first-order valence-corrected chi connectivity index (χ1v) is 13.2. The molecule has 9 heteroatoms. The molecule has 3 saturated heterocycles. The van der Waals surface area contributed by atoms with E-state index in [1.165, 1.54) is 0 Å². The molecule has 1 aliphatic carbocycles. The van der Waals surface area contributed by atoms with Gasteiger partial charge in [-0.2, -0.15) is 0 Å². The molecular formula is C27H39N3O6. The van der Waals surface area contributed by atoms with Crippen LogP contribution in [0, 0.1) is 11.8 Å². The first kappa shape index (κ1) is 25.3. The van der Waals surface area contributed by atoms with Crippen LogP contribution in [0.4, 0.5) is 4.79 Å². The van der Waals surface area contributed by atoms with Gasteiger partial charge in [-0.05, 0) is 58.4 Å². The molecule has 9 nitrogen and oxygen atoms in total. The molecule has 2 amide bonds. The van der Waals surface area contributed by atoms with Gasteiger partial charge in [0.05, 0.1) is 19.7 Å². The van der Waals surface area contributed by atoms with Crippen LogP contribution in [0.25, 0.3) is 0 Å². The van der Waals surface area contributed by atoms with Gasteiger partial charge in [-0.15, -0.1) is 0 Å². The minimum absolute atomic E-state index is 0.0351. The summed E-state index contributed by atoms with van der Waals surface area (Å²) in [5.41, 5.74) is 0.424. The summed E-state index contributed by atoms with van der Waals surface area (Å²) >= 11 is 0. The standard InChI is InChI=1S/C27H39N3O6/c1-26(2,3)36-25(32)30-14-21-13-29(16-27(21,17-30)33-4)24(31)20-11-22(19-5-6-19)28-23(12-20)35-15-18-7-9-34-10-8-18/h11-12,18-19,21H,5-10,13-17H2,1-4H3. The van der Waals surface area contributed by atoms with Crippen LogP contribution in [0.5, 0.6) is 5.88 Å². The first-order valence-electron chi connectivity index (χ1n) is 13.2. The molecule has 3 aliphatic heterocycles. The number of amides is 2. The van der Waals surface area contributed by atoms with Crippen LogP contribution < -0.4 is 4.74 Å². The molecule has 1 aromatic heterocycles. The number of methoxy groups -OCH3 is 1. The molecule has 198 valence electrons. The second kappa shape index (κ2) is 9.82. The lowest BCUT2D eigenvalue weighted by atomic mass is 9.95. The third-order valence-electron chi connectivity index (χ3n) is 7.76. The zero-order chi connectivity index (χ0) is 25.5. The first-order chi connectivity index (χ1) is 17.2. The molecule has 2 atom stereocenters. The summed E-state index contributed by atoms with van der Waals surface area (Å²) in [6, 6.07) is 3.72. The Bertz CT molecular complexity index is 984. The van der Waals surface area contributed by atoms with E-state index >= 15 is 0 Å². The average Bonchev–Trinajstić information content (AvgIpc) is 3.55. The van der Waals surface area contributed by atoms with E-state index in [-0.39, 0.29) is 17.9 Å². The molecule has 4 fully saturated rings. The molecule has 5 rings (SSSR count). The smallest absolute Gasteiger partial charge is 0.410 e. The van der Waals surface area contributed by atoms with Gasteiger partial charge in [0.1, 0.15) is 11.2 Å². The summed E-state index contributed by atoms with van der Waals surface area (Å²) in [5.74, 6) is 1.40. The number of fused-ring (bicyclic) bond motifs is 1. The Hall–Kier alpha value is -2.39. The lowest BCUT2D eigenvalue weighted by Gasteiger charge is -2.29. The number of aromatic nitrogens is 1. The molecule has 0 bridgehead atoms. The maximum Gasteiger partial charge on any atom is 0.410 e. The van der Waals surface area contributed by atoms with Gasteiger partial charge in [-0.1, -0.05) is 0 Å². The number of hydrogen-bond donors (Lipinski definition) is 0. The highest BCUT2D eigenvalue weighted by molar-refractivity contribution is 5.95. The maximum absolute atomic E-state index is 13.7. The Morgan fingerprint density at radius 3 is 2.42 bits per heavy atom. The van der Waals surface area contributed by atoms with E-state index in [4.69, 9.17) is 23.9 Å². The number of rotatable bonds is 6. The van der Waals surface area contributed by atoms with E-state index in [2.05, 4.69) is 0 Å². The minimum Gasteiger partial charge on any atom is -0.477 e. The molecular weight excluding hydrogens is 462 g/mol. The summed E-state index contributed by atoms with van der Waals surface area (Å²) in [6.45, 7) is 9.62. The lowest BCUT2D eigenvalue weighted by molar-refractivity contribution is -0.0167. The van der Waals surface area contributed by atoms with Crippen LogP contribution >= 0.6 is 0 Å². The Kier molecular flexibility index (Phi) is 6.89. The van der Waals surface area contributed by atoms with Gasteiger partial charge in [0, 0.05) is 62.6 Å². The zero-order valence-electron chi connectivity index (χ0n) is 22.0. The Balaban J connectivity index is 1.27. The van der Waals surface area contributed by atoms with Crippen molar-refractivity contribution in [3.05, 3.63) is 23.4 Å². The molecule has 1 aromatic rings. The zero-order valence-corrected chi connectivity index (χ0v) is 22.0. The highest BCUT2D eigenvalue weighted by Crippen LogP contribution is 2.41. The van der Waals surface area contributed by atoms with Gasteiger partial charge in [0.15, 0.2) is 0 Å². The average molecular weight is 502 g/mol. The SMILES string of the molecule is COC12CN(C(=O)OC(C)(C)C)CC1CN(C(=O)c1cc(OCC3CCOCC3)nc(C3CC3)c1)C2. The largest absolute Gasteiger partial charge is 0.477 e. The second-order valence-electron chi connectivity index (χ2n) is 11.8. The topological polar surface area (TPSA) is 90.4 Å². The highest BCUT2D eigenvalue weighted by atomic mass is 16.6. The third kappa shape index (κ3) is 5.47. The van der Waals surface area contributed by atoms with Crippen molar-refractivity contribution < 1.29 is 28.5 Å². The molecule has 0 N–H and O–H groups in total. The van der Waals surface area contributed by atoms with Crippen LogP contribution in [0.15, 0.2) is 12.1 Å². The predicted molar refractivity (Wildman–Crippen MR) is 132 cm³/mol. The normalized spacial score (nSPS) is 26.7. The van der Waals surface area contributed by atoms with Crippen LogP contribution in [0.3, 0.4) is 0 Å². The molecule has 2 unspecified atom stereocenters. The lowest BCUT2D eigenvalue weighted by Crippen LogP contribution is -2.45. The van der Waals surface area contributed by atoms with E-state index in [0.29, 0.717) is 56.1 Å². The Morgan fingerprint density at radius 2 is 1.78 bits per heavy atom. The quantitative estimate of drug-likeness (QED) is 0.590. The minimum atomic E-state index is -0.582. The highest BCUT2D eigenvalue weighted by Gasteiger charge is 2.55. The fourth-order valence-corrected chi connectivity index (χ4v) is 5.53. The van der Waals surface area contributed by atoms with Crippen molar-refractivity contribution >= 4 is 12.0 Å². The van der Waals surface area contributed by atoms with Crippen LogP contribution in [-0.2, 0) is 14.2 Å². The summed E-state index contributed by atoms with van der Waals surface area (Å²) < 4.78 is 23.1. The van der Waals surface area contributed by atoms with Gasteiger partial charge >= 0.3 is 6.09 Å². The number of hydrogen-bond acceptors (Lipinski definition) is 7. The van der Waals surface area contributed by atoms with E-state index in [0.717, 1.165) is 44.6 Å². The van der Waals surface area contributed by atoms with Gasteiger partial charge in [0.25, 0.3) is 5.91 Å². The van der Waals surface area contributed by atoms with Crippen LogP contribution in [0.1, 0.15) is 68.4 Å². The fraction of sp³-hybridized carbons (Fsp3) is 0.741. The summed E-state index contributed by atoms with van der Waals surface area (Å²) in [6.07, 6.45) is 3.85. The molecule has 4 heterocycles. The second-order valence-corrected chi connectivity index (χ2v) is 11.8. The third-order valence-corrected chi connectivity index (χ3v) is 7.76. The number of pyridine rings is 1. The summed E-state index contributed by atoms with van der Waals surface area (Å²) in [4.78, 5) is 34.6. The van der Waals surface area contributed by atoms with Crippen molar-refractivity contribution in [2.24, 2.45) is 11.8 Å². The molecule has 0 aromatic carbocycles. The van der Waals surface area contributed by atoms with Crippen molar-refractivity contribution in [1.29, 1.82) is 0 Å². The van der Waals surface area contributed by atoms with Gasteiger partial charge in [-0.25, -0.2) is 9.78 Å². The molecule has 36 heavy (non-hydrogen) atoms. The Morgan fingerprint density at radius 1 is 1.08 bits per heavy atom. The molecule has 0 spiro atoms. The van der Waals surface area contributed by atoms with E-state index in [1.807, 2.05) is 31.7 Å². The monoisotopic (exact) mass is 501 g/mol. The predicted octanol–water partition coefficient (Wildman–Crippen LogP) is 3.47. The molecule has 0 radical (unpaired) electrons. The summed E-state index contributed by atoms with van der Waals surface area (Å²) in [7, 11) is 1.67. The van der Waals surface area contributed by atoms with Crippen molar-refractivity contribution in [3.63, 3.8) is 0 Å². The van der Waals surface area contributed by atoms with Crippen LogP contribution in [-0.4, -0.2) is 91.1 Å². The number of likely N-dealkylation sites (tertiary alicyclic amines) is 2. The van der Waals surface area contributed by atoms with Crippen molar-refractivity contribution in [1.82, 2.24) is 14.8 Å². The maximum atomic E-state index is 13.7. The van der Waals surface area contributed by atoms with Crippen molar-refractivity contribution in [2.45, 2.75) is 63.6 Å². The number of carbonyl (C=O) groups excluding carboxylic acids is 2. The number of ether oxygens (including phenoxy) is 4. The molecule has 4 aliphatic rings. The van der Waals surface area contributed by atoms with Crippen molar-refractivity contribution in [3.8, 4) is 5.88 Å². The Labute approximate surface area is 213 Å². The number of nitrogens with zero attached hydrogens (tertiary/aromatic N) is 3. The van der Waals surface area contributed by atoms with Crippen molar-refractivity contribution in [2.75, 3.05) is 53.1 Å².